The van der Waals surface area contributed by atoms with Crippen LogP contribution in [-0.4, -0.2) is 50.2 Å². The maximum atomic E-state index is 11.9. The molecule has 1 heterocycles. The van der Waals surface area contributed by atoms with Gasteiger partial charge in [-0.15, -0.1) is 0 Å². The second kappa shape index (κ2) is 6.38. The highest BCUT2D eigenvalue weighted by Gasteiger charge is 2.30. The van der Waals surface area contributed by atoms with E-state index in [1.165, 1.54) is 0 Å². The Bertz CT molecular complexity index is 263. The highest BCUT2D eigenvalue weighted by Crippen LogP contribution is 2.24. The Morgan fingerprint density at radius 1 is 1.17 bits per heavy atom. The predicted molar refractivity (Wildman–Crippen MR) is 68.3 cm³/mol. The third kappa shape index (κ3) is 4.46. The van der Waals surface area contributed by atoms with E-state index in [4.69, 9.17) is 14.2 Å². The average Bonchev–Trinajstić information content (AvgIpc) is 2.29. The van der Waals surface area contributed by atoms with Crippen LogP contribution >= 0.6 is 0 Å². The molecule has 0 bridgehead atoms. The van der Waals surface area contributed by atoms with Crippen LogP contribution in [0.25, 0.3) is 0 Å². The molecule has 18 heavy (non-hydrogen) atoms. The number of amides is 1. The van der Waals surface area contributed by atoms with Crippen LogP contribution in [-0.2, 0) is 14.2 Å². The molecule has 0 radical (unpaired) electrons. The summed E-state index contributed by atoms with van der Waals surface area (Å²) in [5.74, 6) is 0.346. The fraction of sp³-hybridized carbons (Fsp3) is 0.923. The number of piperidine rings is 1. The van der Waals surface area contributed by atoms with Gasteiger partial charge in [-0.1, -0.05) is 0 Å². The zero-order chi connectivity index (χ0) is 13.8. The first kappa shape index (κ1) is 15.2. The van der Waals surface area contributed by atoms with E-state index >= 15 is 0 Å². The molecule has 0 aromatic carbocycles. The molecule has 5 nitrogen and oxygen atoms in total. The molecule has 0 spiro atoms. The SMILES string of the molecule is COC(OC)C1CCN(C(=O)OC(C)(C)C)CC1. The maximum Gasteiger partial charge on any atom is 0.410 e. The van der Waals surface area contributed by atoms with E-state index in [0.29, 0.717) is 19.0 Å². The van der Waals surface area contributed by atoms with Crippen molar-refractivity contribution in [1.29, 1.82) is 0 Å². The maximum absolute atomic E-state index is 11.9. The van der Waals surface area contributed by atoms with Gasteiger partial charge in [-0.25, -0.2) is 4.79 Å². The standard InChI is InChI=1S/C13H25NO4/c1-13(2,3)18-12(15)14-8-6-10(7-9-14)11(16-4)17-5/h10-11H,6-9H2,1-5H3. The summed E-state index contributed by atoms with van der Waals surface area (Å²) in [5.41, 5.74) is -0.435. The van der Waals surface area contributed by atoms with E-state index in [0.717, 1.165) is 12.8 Å². The lowest BCUT2D eigenvalue weighted by Crippen LogP contribution is -2.44. The minimum absolute atomic E-state index is 0.175. The molecule has 0 unspecified atom stereocenters. The van der Waals surface area contributed by atoms with Gasteiger partial charge in [0.2, 0.25) is 0 Å². The number of nitrogens with zero attached hydrogens (tertiary/aromatic N) is 1. The Labute approximate surface area is 109 Å². The molecule has 1 saturated heterocycles. The van der Waals surface area contributed by atoms with E-state index in [1.54, 1.807) is 19.1 Å². The molecular weight excluding hydrogens is 234 g/mol. The fourth-order valence-electron chi connectivity index (χ4n) is 2.16. The van der Waals surface area contributed by atoms with Crippen LogP contribution in [0.15, 0.2) is 0 Å². The van der Waals surface area contributed by atoms with Crippen molar-refractivity contribution in [3.8, 4) is 0 Å². The normalized spacial score (nSPS) is 18.2. The lowest BCUT2D eigenvalue weighted by Gasteiger charge is -2.35. The van der Waals surface area contributed by atoms with Crippen molar-refractivity contribution >= 4 is 6.09 Å². The lowest BCUT2D eigenvalue weighted by molar-refractivity contribution is -0.146. The first-order chi connectivity index (χ1) is 8.37. The smallest absolute Gasteiger partial charge is 0.410 e. The zero-order valence-electron chi connectivity index (χ0n) is 12.1. The Morgan fingerprint density at radius 2 is 1.67 bits per heavy atom. The second-order valence-corrected chi connectivity index (χ2v) is 5.64. The van der Waals surface area contributed by atoms with E-state index in [2.05, 4.69) is 0 Å². The number of carbonyl (C=O) groups excluding carboxylic acids is 1. The lowest BCUT2D eigenvalue weighted by atomic mass is 9.96. The molecule has 0 aromatic heterocycles. The summed E-state index contributed by atoms with van der Waals surface area (Å²) in [6, 6.07) is 0. The molecule has 1 amide bonds. The van der Waals surface area contributed by atoms with Gasteiger partial charge >= 0.3 is 6.09 Å². The molecular formula is C13H25NO4. The van der Waals surface area contributed by atoms with Crippen LogP contribution in [0.4, 0.5) is 4.79 Å². The minimum Gasteiger partial charge on any atom is -0.444 e. The van der Waals surface area contributed by atoms with E-state index < -0.39 is 5.60 Å². The highest BCUT2D eigenvalue weighted by atomic mass is 16.7. The molecule has 0 aromatic rings. The van der Waals surface area contributed by atoms with E-state index in [1.807, 2.05) is 20.8 Å². The zero-order valence-corrected chi connectivity index (χ0v) is 12.1. The molecule has 0 N–H and O–H groups in total. The number of hydrogen-bond acceptors (Lipinski definition) is 4. The van der Waals surface area contributed by atoms with Crippen LogP contribution < -0.4 is 0 Å². The average molecular weight is 259 g/mol. The van der Waals surface area contributed by atoms with Crippen LogP contribution in [0.5, 0.6) is 0 Å². The number of likely N-dealkylation sites (tertiary alicyclic amines) is 1. The largest absolute Gasteiger partial charge is 0.444 e. The Hall–Kier alpha value is -0.810. The van der Waals surface area contributed by atoms with Crippen molar-refractivity contribution in [1.82, 2.24) is 4.90 Å². The molecule has 1 aliphatic heterocycles. The molecule has 0 atom stereocenters. The summed E-state index contributed by atoms with van der Waals surface area (Å²) < 4.78 is 15.9. The van der Waals surface area contributed by atoms with Gasteiger partial charge in [-0.05, 0) is 33.6 Å². The first-order valence-electron chi connectivity index (χ1n) is 6.41. The number of hydrogen-bond donors (Lipinski definition) is 0. The van der Waals surface area contributed by atoms with Gasteiger partial charge in [-0.3, -0.25) is 0 Å². The van der Waals surface area contributed by atoms with Crippen LogP contribution in [0.2, 0.25) is 0 Å². The minimum atomic E-state index is -0.435. The van der Waals surface area contributed by atoms with E-state index in [-0.39, 0.29) is 12.4 Å². The molecule has 5 heteroatoms. The molecule has 0 aliphatic carbocycles. The Balaban J connectivity index is 2.41. The van der Waals surface area contributed by atoms with Gasteiger partial charge in [0.15, 0.2) is 6.29 Å². The topological polar surface area (TPSA) is 48.0 Å². The third-order valence-electron chi connectivity index (χ3n) is 3.04. The highest BCUT2D eigenvalue weighted by molar-refractivity contribution is 5.68. The number of ether oxygens (including phenoxy) is 3. The predicted octanol–water partition coefficient (Wildman–Crippen LogP) is 2.25. The second-order valence-electron chi connectivity index (χ2n) is 5.64. The molecule has 1 rings (SSSR count). The summed E-state index contributed by atoms with van der Waals surface area (Å²) in [6.45, 7) is 7.03. The van der Waals surface area contributed by atoms with Crippen LogP contribution in [0, 0.1) is 5.92 Å². The van der Waals surface area contributed by atoms with Gasteiger partial charge in [0, 0.05) is 33.2 Å². The number of rotatable bonds is 3. The van der Waals surface area contributed by atoms with E-state index in [9.17, 15) is 4.79 Å². The summed E-state index contributed by atoms with van der Waals surface area (Å²) in [5, 5.41) is 0. The van der Waals surface area contributed by atoms with Gasteiger partial charge in [0.1, 0.15) is 5.60 Å². The number of methoxy groups -OCH3 is 2. The van der Waals surface area contributed by atoms with Crippen molar-refractivity contribution in [2.24, 2.45) is 5.92 Å². The van der Waals surface area contributed by atoms with Crippen molar-refractivity contribution in [2.45, 2.75) is 45.5 Å². The van der Waals surface area contributed by atoms with Crippen molar-refractivity contribution in [3.05, 3.63) is 0 Å². The summed E-state index contributed by atoms with van der Waals surface area (Å²) in [6.07, 6.45) is 1.36. The molecule has 0 saturated carbocycles. The van der Waals surface area contributed by atoms with Gasteiger partial charge < -0.3 is 19.1 Å². The Kier molecular flexibility index (Phi) is 5.41. The van der Waals surface area contributed by atoms with Gasteiger partial charge in [-0.2, -0.15) is 0 Å². The quantitative estimate of drug-likeness (QED) is 0.729. The Morgan fingerprint density at radius 3 is 2.06 bits per heavy atom. The third-order valence-corrected chi connectivity index (χ3v) is 3.04. The van der Waals surface area contributed by atoms with Crippen molar-refractivity contribution in [2.75, 3.05) is 27.3 Å². The first-order valence-corrected chi connectivity index (χ1v) is 6.41. The summed E-state index contributed by atoms with van der Waals surface area (Å²) >= 11 is 0. The van der Waals surface area contributed by atoms with Crippen LogP contribution in [0.3, 0.4) is 0 Å². The van der Waals surface area contributed by atoms with Gasteiger partial charge in [0.05, 0.1) is 0 Å². The van der Waals surface area contributed by atoms with Gasteiger partial charge in [0.25, 0.3) is 0 Å². The monoisotopic (exact) mass is 259 g/mol. The fourth-order valence-corrected chi connectivity index (χ4v) is 2.16. The molecule has 106 valence electrons. The summed E-state index contributed by atoms with van der Waals surface area (Å²) in [7, 11) is 3.29. The van der Waals surface area contributed by atoms with Crippen molar-refractivity contribution in [3.63, 3.8) is 0 Å². The number of carbonyl (C=O) groups is 1. The van der Waals surface area contributed by atoms with Crippen molar-refractivity contribution < 1.29 is 19.0 Å². The van der Waals surface area contributed by atoms with Crippen LogP contribution in [0.1, 0.15) is 33.6 Å². The molecule has 1 aliphatic rings. The molecule has 1 fully saturated rings. The summed E-state index contributed by atoms with van der Waals surface area (Å²) in [4.78, 5) is 13.6.